The van der Waals surface area contributed by atoms with Crippen LogP contribution in [0.25, 0.3) is 0 Å². The number of hydrogen-bond donors (Lipinski definition) is 0. The predicted octanol–water partition coefficient (Wildman–Crippen LogP) is 4.36. The lowest BCUT2D eigenvalue weighted by Crippen LogP contribution is -2.42. The van der Waals surface area contributed by atoms with Crippen molar-refractivity contribution in [3.63, 3.8) is 0 Å². The highest BCUT2D eigenvalue weighted by molar-refractivity contribution is 7.12. The molecule has 1 aliphatic rings. The molecule has 35 heavy (non-hydrogen) atoms. The van der Waals surface area contributed by atoms with Gasteiger partial charge in [0.2, 0.25) is 0 Å². The Balaban J connectivity index is 1.65. The van der Waals surface area contributed by atoms with Gasteiger partial charge in [0.05, 0.1) is 30.3 Å². The molecule has 0 spiro atoms. The van der Waals surface area contributed by atoms with Crippen molar-refractivity contribution in [2.75, 3.05) is 33.9 Å². The molecule has 2 heterocycles. The summed E-state index contributed by atoms with van der Waals surface area (Å²) in [7, 11) is 3.11. The largest absolute Gasteiger partial charge is 0.497 e. The molecule has 0 saturated carbocycles. The monoisotopic (exact) mass is 495 g/mol. The Kier molecular flexibility index (Phi) is 7.89. The van der Waals surface area contributed by atoms with Crippen LogP contribution >= 0.6 is 11.3 Å². The van der Waals surface area contributed by atoms with E-state index in [4.69, 9.17) is 9.47 Å². The van der Waals surface area contributed by atoms with Gasteiger partial charge >= 0.3 is 0 Å². The molecule has 0 radical (unpaired) electrons. The molecular weight excluding hydrogens is 469 g/mol. The Morgan fingerprint density at radius 3 is 2.69 bits per heavy atom. The van der Waals surface area contributed by atoms with Crippen molar-refractivity contribution in [2.45, 2.75) is 12.5 Å². The van der Waals surface area contributed by atoms with Gasteiger partial charge in [-0.3, -0.25) is 9.59 Å². The lowest BCUT2D eigenvalue weighted by molar-refractivity contribution is -0.133. The van der Waals surface area contributed by atoms with E-state index in [9.17, 15) is 14.0 Å². The molecule has 2 amide bonds. The van der Waals surface area contributed by atoms with E-state index in [-0.39, 0.29) is 25.6 Å². The van der Waals surface area contributed by atoms with Crippen LogP contribution in [0.2, 0.25) is 0 Å². The van der Waals surface area contributed by atoms with Crippen molar-refractivity contribution in [1.29, 1.82) is 0 Å². The number of rotatable bonds is 9. The first-order valence-electron chi connectivity index (χ1n) is 11.1. The maximum Gasteiger partial charge on any atom is 0.264 e. The van der Waals surface area contributed by atoms with Gasteiger partial charge in [-0.15, -0.1) is 11.3 Å². The SMILES string of the molecule is COCCN(CC(=O)N1N=C(c2cccc(OC)c2)C[C@H]1c1ccccc1F)C(=O)c1cccs1. The average Bonchev–Trinajstić information content (AvgIpc) is 3.57. The van der Waals surface area contributed by atoms with Crippen LogP contribution in [0.15, 0.2) is 71.1 Å². The van der Waals surface area contributed by atoms with Crippen molar-refractivity contribution in [1.82, 2.24) is 9.91 Å². The van der Waals surface area contributed by atoms with E-state index in [1.165, 1.54) is 34.4 Å². The summed E-state index contributed by atoms with van der Waals surface area (Å²) in [5.74, 6) is -0.422. The van der Waals surface area contributed by atoms with Crippen LogP contribution in [-0.4, -0.2) is 61.4 Å². The van der Waals surface area contributed by atoms with Crippen molar-refractivity contribution < 1.29 is 23.5 Å². The van der Waals surface area contributed by atoms with Crippen molar-refractivity contribution >= 4 is 28.9 Å². The molecule has 9 heteroatoms. The maximum absolute atomic E-state index is 14.8. The van der Waals surface area contributed by atoms with Gasteiger partial charge in [0, 0.05) is 31.2 Å². The summed E-state index contributed by atoms with van der Waals surface area (Å²) in [6.45, 7) is 0.309. The first kappa shape index (κ1) is 24.6. The van der Waals surface area contributed by atoms with E-state index in [2.05, 4.69) is 5.10 Å². The minimum atomic E-state index is -0.633. The fourth-order valence-electron chi connectivity index (χ4n) is 3.95. The maximum atomic E-state index is 14.8. The number of carbonyl (C=O) groups is 2. The molecule has 2 aromatic carbocycles. The van der Waals surface area contributed by atoms with Gasteiger partial charge in [-0.05, 0) is 29.6 Å². The number of amides is 2. The second-order valence-corrected chi connectivity index (χ2v) is 8.90. The number of carbonyl (C=O) groups excluding carboxylic acids is 2. The Morgan fingerprint density at radius 2 is 1.97 bits per heavy atom. The molecule has 0 unspecified atom stereocenters. The zero-order chi connectivity index (χ0) is 24.8. The number of halogens is 1. The molecule has 0 N–H and O–H groups in total. The number of ether oxygens (including phenoxy) is 2. The molecule has 1 atom stereocenters. The second kappa shape index (κ2) is 11.2. The van der Waals surface area contributed by atoms with E-state index in [0.29, 0.717) is 28.3 Å². The van der Waals surface area contributed by atoms with E-state index in [1.807, 2.05) is 29.6 Å². The van der Waals surface area contributed by atoms with Gasteiger partial charge in [0.1, 0.15) is 18.1 Å². The van der Waals surface area contributed by atoms with Gasteiger partial charge in [-0.1, -0.05) is 36.4 Å². The Morgan fingerprint density at radius 1 is 1.14 bits per heavy atom. The second-order valence-electron chi connectivity index (χ2n) is 7.96. The Labute approximate surface area is 207 Å². The predicted molar refractivity (Wildman–Crippen MR) is 132 cm³/mol. The van der Waals surface area contributed by atoms with E-state index in [0.717, 1.165) is 5.56 Å². The van der Waals surface area contributed by atoms with Crippen LogP contribution in [0.1, 0.15) is 33.3 Å². The topological polar surface area (TPSA) is 71.4 Å². The molecule has 182 valence electrons. The van der Waals surface area contributed by atoms with Gasteiger partial charge in [0.15, 0.2) is 0 Å². The third kappa shape index (κ3) is 5.58. The Hall–Kier alpha value is -3.56. The van der Waals surface area contributed by atoms with Crippen LogP contribution < -0.4 is 4.74 Å². The summed E-state index contributed by atoms with van der Waals surface area (Å²) in [6, 6.07) is 16.6. The van der Waals surface area contributed by atoms with Gasteiger partial charge in [-0.2, -0.15) is 5.10 Å². The van der Waals surface area contributed by atoms with Crippen LogP contribution in [-0.2, 0) is 9.53 Å². The number of nitrogens with zero attached hydrogens (tertiary/aromatic N) is 3. The summed E-state index contributed by atoms with van der Waals surface area (Å²) in [5.41, 5.74) is 1.79. The summed E-state index contributed by atoms with van der Waals surface area (Å²) >= 11 is 1.31. The van der Waals surface area contributed by atoms with E-state index < -0.39 is 17.8 Å². The van der Waals surface area contributed by atoms with Crippen molar-refractivity contribution in [3.05, 3.63) is 87.9 Å². The zero-order valence-corrected chi connectivity index (χ0v) is 20.3. The highest BCUT2D eigenvalue weighted by atomic mass is 32.1. The summed E-state index contributed by atoms with van der Waals surface area (Å²) in [6.07, 6.45) is 0.330. The van der Waals surface area contributed by atoms with E-state index in [1.54, 1.807) is 37.4 Å². The summed E-state index contributed by atoms with van der Waals surface area (Å²) < 4.78 is 25.2. The van der Waals surface area contributed by atoms with Crippen LogP contribution in [0.5, 0.6) is 5.75 Å². The molecular formula is C26H26FN3O4S. The lowest BCUT2D eigenvalue weighted by Gasteiger charge is -2.26. The lowest BCUT2D eigenvalue weighted by atomic mass is 9.98. The molecule has 3 aromatic rings. The van der Waals surface area contributed by atoms with Crippen LogP contribution in [0.3, 0.4) is 0 Å². The number of thiophene rings is 1. The molecule has 0 bridgehead atoms. The summed E-state index contributed by atoms with van der Waals surface area (Å²) in [4.78, 5) is 28.5. The smallest absolute Gasteiger partial charge is 0.264 e. The first-order chi connectivity index (χ1) is 17.0. The molecule has 1 aliphatic heterocycles. The first-order valence-corrected chi connectivity index (χ1v) is 12.0. The number of hydrogen-bond acceptors (Lipinski definition) is 6. The molecule has 1 aromatic heterocycles. The zero-order valence-electron chi connectivity index (χ0n) is 19.5. The minimum Gasteiger partial charge on any atom is -0.497 e. The highest BCUT2D eigenvalue weighted by Crippen LogP contribution is 2.34. The standard InChI is InChI=1S/C26H26FN3O4S/c1-33-13-12-29(26(32)24-11-6-14-35-24)17-25(31)30-23(20-9-3-4-10-21(20)27)16-22(28-30)18-7-5-8-19(15-18)34-2/h3-11,14-15,23H,12-13,16-17H2,1-2H3/t23-/m0/s1. The quantitative estimate of drug-likeness (QED) is 0.442. The van der Waals surface area contributed by atoms with Gasteiger partial charge in [0.25, 0.3) is 11.8 Å². The average molecular weight is 496 g/mol. The molecule has 0 saturated heterocycles. The van der Waals surface area contributed by atoms with E-state index >= 15 is 0 Å². The number of methoxy groups -OCH3 is 2. The molecule has 0 aliphatic carbocycles. The number of hydrazone groups is 1. The van der Waals surface area contributed by atoms with Crippen LogP contribution in [0.4, 0.5) is 4.39 Å². The van der Waals surface area contributed by atoms with Crippen LogP contribution in [0, 0.1) is 5.82 Å². The minimum absolute atomic E-state index is 0.208. The molecule has 4 rings (SSSR count). The number of benzene rings is 2. The fourth-order valence-corrected chi connectivity index (χ4v) is 4.64. The fraction of sp³-hybridized carbons (Fsp3) is 0.269. The highest BCUT2D eigenvalue weighted by Gasteiger charge is 2.36. The van der Waals surface area contributed by atoms with Crippen molar-refractivity contribution in [3.8, 4) is 5.75 Å². The van der Waals surface area contributed by atoms with Gasteiger partial charge in [-0.25, -0.2) is 9.40 Å². The van der Waals surface area contributed by atoms with Gasteiger partial charge < -0.3 is 14.4 Å². The third-order valence-corrected chi connectivity index (χ3v) is 6.60. The molecule has 0 fully saturated rings. The normalized spacial score (nSPS) is 15.1. The van der Waals surface area contributed by atoms with Crippen molar-refractivity contribution in [2.24, 2.45) is 5.10 Å². The Bertz CT molecular complexity index is 1210. The third-order valence-electron chi connectivity index (χ3n) is 5.74. The molecule has 7 nitrogen and oxygen atoms in total. The summed E-state index contributed by atoms with van der Waals surface area (Å²) in [5, 5.41) is 7.71.